The molecule has 0 spiro atoms. The van der Waals surface area contributed by atoms with E-state index in [1.54, 1.807) is 0 Å². The molecule has 0 amide bonds. The third-order valence-corrected chi connectivity index (χ3v) is 0.552. The van der Waals surface area contributed by atoms with Crippen LogP contribution in [0.4, 0.5) is 0 Å². The Labute approximate surface area is 44.8 Å². The Morgan fingerprint density at radius 3 is 2.43 bits per heavy atom. The van der Waals surface area contributed by atoms with Crippen LogP contribution >= 0.6 is 0 Å². The molecule has 1 radical (unpaired) electrons. The lowest BCUT2D eigenvalue weighted by atomic mass is 10.7. The van der Waals surface area contributed by atoms with E-state index < -0.39 is 0 Å². The first-order valence-corrected chi connectivity index (χ1v) is 2.29. The minimum Gasteiger partial charge on any atom is -0.115 e. The van der Waals surface area contributed by atoms with Gasteiger partial charge in [0.25, 0.3) is 0 Å². The van der Waals surface area contributed by atoms with Gasteiger partial charge in [-0.15, -0.1) is 12.0 Å². The molecule has 7 heavy (non-hydrogen) atoms. The van der Waals surface area contributed by atoms with Gasteiger partial charge in [0.1, 0.15) is 14.1 Å². The molecular weight excluding hydrogens is 88.1 g/mol. The maximum Gasteiger partial charge on any atom is 0.134 e. The molecule has 41 valence electrons. The van der Waals surface area contributed by atoms with Crippen LogP contribution in [0, 0.1) is 0 Å². The van der Waals surface area contributed by atoms with Gasteiger partial charge in [-0.2, -0.15) is 0 Å². The molecule has 0 aliphatic heterocycles. The highest BCUT2D eigenvalue weighted by molar-refractivity contribution is 4.67. The summed E-state index contributed by atoms with van der Waals surface area (Å²) in [7, 11) is 3.90. The minimum absolute atomic E-state index is 0.840. The van der Waals surface area contributed by atoms with Crippen LogP contribution in [-0.4, -0.2) is 20.6 Å². The average molecular weight is 100 g/mol. The minimum atomic E-state index is 0.840. The maximum atomic E-state index is 3.54. The van der Waals surface area contributed by atoms with Crippen molar-refractivity contribution in [2.24, 2.45) is 0 Å². The van der Waals surface area contributed by atoms with E-state index in [0.29, 0.717) is 0 Å². The van der Waals surface area contributed by atoms with E-state index in [9.17, 15) is 0 Å². The smallest absolute Gasteiger partial charge is 0.115 e. The molecule has 0 aromatic heterocycles. The van der Waals surface area contributed by atoms with Gasteiger partial charge in [0, 0.05) is 0 Å². The van der Waals surface area contributed by atoms with E-state index in [2.05, 4.69) is 12.0 Å². The molecule has 0 saturated carbocycles. The van der Waals surface area contributed by atoms with E-state index in [1.807, 2.05) is 25.2 Å². The van der Waals surface area contributed by atoms with Crippen LogP contribution in [0.1, 0.15) is 0 Å². The van der Waals surface area contributed by atoms with Crippen LogP contribution < -0.4 is 10.4 Å². The van der Waals surface area contributed by atoms with E-state index in [0.717, 1.165) is 6.54 Å². The van der Waals surface area contributed by atoms with Crippen LogP contribution in [0.3, 0.4) is 0 Å². The number of nitrogens with zero attached hydrogens (tertiary/aromatic N) is 1. The lowest BCUT2D eigenvalue weighted by molar-refractivity contribution is 0.447. The molecule has 0 heterocycles. The summed E-state index contributed by atoms with van der Waals surface area (Å²) in [6.45, 7) is 4.38. The molecule has 2 heteroatoms. The third kappa shape index (κ3) is 5.66. The lowest BCUT2D eigenvalue weighted by Crippen LogP contribution is -2.35. The first kappa shape index (κ1) is 6.66. The molecule has 0 saturated heterocycles. The molecule has 0 bridgehead atoms. The summed E-state index contributed by atoms with van der Waals surface area (Å²) in [6, 6.07) is 0. The van der Waals surface area contributed by atoms with Gasteiger partial charge < -0.3 is 0 Å². The van der Waals surface area contributed by atoms with Crippen molar-refractivity contribution < 1.29 is 0 Å². The van der Waals surface area contributed by atoms with Crippen LogP contribution in [-0.2, 0) is 0 Å². The fourth-order valence-electron chi connectivity index (χ4n) is 0.247. The SMILES string of the molecule is C=CCN[N+](C)C. The highest BCUT2D eigenvalue weighted by atomic mass is 15.5. The predicted octanol–water partition coefficient (Wildman–Crippen LogP) is 0.0767. The van der Waals surface area contributed by atoms with Crippen molar-refractivity contribution in [1.29, 1.82) is 0 Å². The van der Waals surface area contributed by atoms with Gasteiger partial charge in [-0.05, 0) is 0 Å². The second-order valence-corrected chi connectivity index (χ2v) is 1.55. The molecule has 2 nitrogen and oxygen atoms in total. The first-order chi connectivity index (χ1) is 3.27. The van der Waals surface area contributed by atoms with E-state index >= 15 is 0 Å². The Bertz CT molecular complexity index is 50.0. The van der Waals surface area contributed by atoms with Gasteiger partial charge in [0.05, 0.1) is 6.54 Å². The molecule has 0 aliphatic carbocycles. The van der Waals surface area contributed by atoms with Gasteiger partial charge in [-0.3, -0.25) is 0 Å². The van der Waals surface area contributed by atoms with Crippen LogP contribution in [0.25, 0.3) is 0 Å². The molecular formula is C5H12N2+. The first-order valence-electron chi connectivity index (χ1n) is 2.29. The summed E-state index contributed by atoms with van der Waals surface area (Å²) in [4.78, 5) is 0. The normalized spacial score (nSPS) is 9.57. The van der Waals surface area contributed by atoms with Gasteiger partial charge >= 0.3 is 0 Å². The number of rotatable bonds is 3. The molecule has 0 atom stereocenters. The van der Waals surface area contributed by atoms with Gasteiger partial charge in [0.15, 0.2) is 0 Å². The van der Waals surface area contributed by atoms with Gasteiger partial charge in [-0.1, -0.05) is 11.1 Å². The Balaban J connectivity index is 2.81. The summed E-state index contributed by atoms with van der Waals surface area (Å²) in [5.41, 5.74) is 3.01. The van der Waals surface area contributed by atoms with E-state index in [4.69, 9.17) is 0 Å². The van der Waals surface area contributed by atoms with Crippen LogP contribution in [0.2, 0.25) is 0 Å². The average Bonchev–Trinajstić information content (AvgIpc) is 1.61. The molecule has 0 aromatic rings. The van der Waals surface area contributed by atoms with Crippen molar-refractivity contribution in [3.63, 3.8) is 0 Å². The van der Waals surface area contributed by atoms with Gasteiger partial charge in [-0.25, -0.2) is 0 Å². The number of hydrazine groups is 1. The zero-order chi connectivity index (χ0) is 5.70. The third-order valence-electron chi connectivity index (χ3n) is 0.552. The second-order valence-electron chi connectivity index (χ2n) is 1.55. The highest BCUT2D eigenvalue weighted by Gasteiger charge is 1.89. The van der Waals surface area contributed by atoms with E-state index in [-0.39, 0.29) is 0 Å². The number of nitrogens with one attached hydrogen (secondary N) is 1. The van der Waals surface area contributed by atoms with Crippen molar-refractivity contribution in [2.45, 2.75) is 0 Å². The molecule has 0 rings (SSSR count). The molecule has 0 fully saturated rings. The predicted molar refractivity (Wildman–Crippen MR) is 32.2 cm³/mol. The van der Waals surface area contributed by atoms with E-state index in [1.165, 1.54) is 0 Å². The van der Waals surface area contributed by atoms with Crippen molar-refractivity contribution >= 4 is 0 Å². The fourth-order valence-corrected chi connectivity index (χ4v) is 0.247. The van der Waals surface area contributed by atoms with Crippen LogP contribution in [0.5, 0.6) is 0 Å². The Kier molecular flexibility index (Phi) is 3.65. The summed E-state index contributed by atoms with van der Waals surface area (Å²) in [5.74, 6) is 0. The van der Waals surface area contributed by atoms with Gasteiger partial charge in [0.2, 0.25) is 0 Å². The topological polar surface area (TPSA) is 17.9 Å². The van der Waals surface area contributed by atoms with Crippen molar-refractivity contribution in [2.75, 3.05) is 20.6 Å². The van der Waals surface area contributed by atoms with Crippen LogP contribution in [0.15, 0.2) is 12.7 Å². The summed E-state index contributed by atoms with van der Waals surface area (Å²) in [6.07, 6.45) is 1.82. The summed E-state index contributed by atoms with van der Waals surface area (Å²) in [5, 5.41) is 1.89. The van der Waals surface area contributed by atoms with Crippen molar-refractivity contribution in [1.82, 2.24) is 10.4 Å². The Morgan fingerprint density at radius 2 is 2.29 bits per heavy atom. The maximum absolute atomic E-state index is 3.54. The molecule has 0 aliphatic rings. The number of hydrogen-bond donors (Lipinski definition) is 1. The largest absolute Gasteiger partial charge is 0.134 e. The molecule has 0 aromatic carbocycles. The van der Waals surface area contributed by atoms with Crippen molar-refractivity contribution in [3.8, 4) is 0 Å². The second kappa shape index (κ2) is 3.84. The zero-order valence-corrected chi connectivity index (χ0v) is 4.94. The fraction of sp³-hybridized carbons (Fsp3) is 0.600. The quantitative estimate of drug-likeness (QED) is 0.302. The summed E-state index contributed by atoms with van der Waals surface area (Å²) >= 11 is 0. The molecule has 1 N–H and O–H groups in total. The molecule has 0 unspecified atom stereocenters. The number of hydrogen-bond acceptors (Lipinski definition) is 2. The zero-order valence-electron chi connectivity index (χ0n) is 4.94. The standard InChI is InChI=1S/C5H12N2/c1-4-5-6-7(2)3/h4,6H,1,5H2,2-3H3/q+1. The lowest BCUT2D eigenvalue weighted by Gasteiger charge is -1.95. The summed E-state index contributed by atoms with van der Waals surface area (Å²) < 4.78 is 0. The highest BCUT2D eigenvalue weighted by Crippen LogP contribution is 1.57. The van der Waals surface area contributed by atoms with Crippen molar-refractivity contribution in [3.05, 3.63) is 12.7 Å². The Hall–Kier alpha value is -0.340. The monoisotopic (exact) mass is 100 g/mol. The Morgan fingerprint density at radius 1 is 1.71 bits per heavy atom.